The maximum Gasteiger partial charge on any atom is 0.225 e. The summed E-state index contributed by atoms with van der Waals surface area (Å²) in [5.41, 5.74) is 14.6. The highest BCUT2D eigenvalue weighted by molar-refractivity contribution is 6.03. The van der Waals surface area contributed by atoms with Crippen molar-refractivity contribution in [3.8, 4) is 0 Å². The molecule has 0 fully saturated rings. The molecule has 1 unspecified atom stereocenters. The fraction of sp³-hybridized carbons (Fsp3) is 0.222. The van der Waals surface area contributed by atoms with Crippen LogP contribution in [0.15, 0.2) is 59.8 Å². The number of hydrogen-bond acceptors (Lipinski definition) is 4. The monoisotopic (exact) mass is 311 g/mol. The average molecular weight is 311 g/mol. The van der Waals surface area contributed by atoms with Crippen LogP contribution in [-0.4, -0.2) is 18.7 Å². The first-order valence-electron chi connectivity index (χ1n) is 7.39. The molecule has 0 aliphatic carbocycles. The smallest absolute Gasteiger partial charge is 0.225 e. The number of carbonyl (C=O) groups excluding carboxylic acids is 1. The van der Waals surface area contributed by atoms with E-state index in [1.165, 1.54) is 7.11 Å². The standard InChI is InChI=1S/C18H21N3O2/c1-23-21-17(15-9-7-13(12-19)8-10-15)11-16(18(20)22)14-5-3-2-4-6-14/h2-10,16H,11-12,19H2,1H3,(H2,20,22). The molecule has 5 nitrogen and oxygen atoms in total. The van der Waals surface area contributed by atoms with Gasteiger partial charge in [-0.2, -0.15) is 0 Å². The van der Waals surface area contributed by atoms with E-state index < -0.39 is 11.8 Å². The van der Waals surface area contributed by atoms with Crippen molar-refractivity contribution in [1.82, 2.24) is 0 Å². The third kappa shape index (κ3) is 4.40. The molecule has 1 amide bonds. The SMILES string of the molecule is CON=C(CC(C(N)=O)c1ccccc1)c1ccc(CN)cc1. The second kappa shape index (κ2) is 8.10. The molecule has 0 spiro atoms. The van der Waals surface area contributed by atoms with Gasteiger partial charge in [0.15, 0.2) is 0 Å². The molecule has 0 aliphatic rings. The fourth-order valence-electron chi connectivity index (χ4n) is 2.41. The molecule has 2 aromatic rings. The van der Waals surface area contributed by atoms with Gasteiger partial charge in [0, 0.05) is 13.0 Å². The number of nitrogens with two attached hydrogens (primary N) is 2. The first-order valence-corrected chi connectivity index (χ1v) is 7.39. The minimum atomic E-state index is -0.459. The van der Waals surface area contributed by atoms with Gasteiger partial charge in [-0.05, 0) is 16.7 Å². The van der Waals surface area contributed by atoms with Crippen molar-refractivity contribution in [3.63, 3.8) is 0 Å². The summed E-state index contributed by atoms with van der Waals surface area (Å²) >= 11 is 0. The second-order valence-electron chi connectivity index (χ2n) is 5.19. The number of amides is 1. The Morgan fingerprint density at radius 3 is 2.30 bits per heavy atom. The predicted molar refractivity (Wildman–Crippen MR) is 90.9 cm³/mol. The van der Waals surface area contributed by atoms with E-state index in [1.54, 1.807) is 0 Å². The number of benzene rings is 2. The van der Waals surface area contributed by atoms with Gasteiger partial charge in [-0.3, -0.25) is 4.79 Å². The summed E-state index contributed by atoms with van der Waals surface area (Å²) in [5.74, 6) is -0.849. The molecule has 4 N–H and O–H groups in total. The van der Waals surface area contributed by atoms with Crippen LogP contribution in [-0.2, 0) is 16.2 Å². The maximum absolute atomic E-state index is 11.9. The Morgan fingerprint density at radius 2 is 1.78 bits per heavy atom. The first kappa shape index (κ1) is 16.7. The summed E-state index contributed by atoms with van der Waals surface area (Å²) in [4.78, 5) is 16.8. The summed E-state index contributed by atoms with van der Waals surface area (Å²) in [5, 5.41) is 4.08. The van der Waals surface area contributed by atoms with Gasteiger partial charge >= 0.3 is 0 Å². The predicted octanol–water partition coefficient (Wildman–Crippen LogP) is 2.16. The number of primary amides is 1. The molecule has 2 aromatic carbocycles. The Morgan fingerprint density at radius 1 is 1.13 bits per heavy atom. The molecule has 0 aromatic heterocycles. The summed E-state index contributed by atoms with van der Waals surface area (Å²) < 4.78 is 0. The molecular formula is C18H21N3O2. The molecular weight excluding hydrogens is 290 g/mol. The summed E-state index contributed by atoms with van der Waals surface area (Å²) in [6, 6.07) is 17.1. The van der Waals surface area contributed by atoms with E-state index in [-0.39, 0.29) is 0 Å². The molecule has 0 heterocycles. The van der Waals surface area contributed by atoms with E-state index in [4.69, 9.17) is 16.3 Å². The fourth-order valence-corrected chi connectivity index (χ4v) is 2.41. The lowest BCUT2D eigenvalue weighted by atomic mass is 9.90. The van der Waals surface area contributed by atoms with Crippen LogP contribution in [0.25, 0.3) is 0 Å². The molecule has 0 saturated heterocycles. The Bertz CT molecular complexity index is 666. The number of nitrogens with zero attached hydrogens (tertiary/aromatic N) is 1. The van der Waals surface area contributed by atoms with Gasteiger partial charge in [0.1, 0.15) is 7.11 Å². The van der Waals surface area contributed by atoms with Crippen molar-refractivity contribution < 1.29 is 9.63 Å². The quantitative estimate of drug-likeness (QED) is 0.606. The van der Waals surface area contributed by atoms with Crippen molar-refractivity contribution in [2.45, 2.75) is 18.9 Å². The molecule has 120 valence electrons. The number of oxime groups is 1. The van der Waals surface area contributed by atoms with Crippen molar-refractivity contribution in [2.75, 3.05) is 7.11 Å². The van der Waals surface area contributed by atoms with Crippen LogP contribution in [0.4, 0.5) is 0 Å². The molecule has 2 rings (SSSR count). The first-order chi connectivity index (χ1) is 11.2. The lowest BCUT2D eigenvalue weighted by Gasteiger charge is -2.15. The third-order valence-corrected chi connectivity index (χ3v) is 3.67. The van der Waals surface area contributed by atoms with E-state index in [2.05, 4.69) is 5.16 Å². The Kier molecular flexibility index (Phi) is 5.88. The van der Waals surface area contributed by atoms with Gasteiger partial charge < -0.3 is 16.3 Å². The average Bonchev–Trinajstić information content (AvgIpc) is 2.59. The minimum absolute atomic E-state index is 0.370. The van der Waals surface area contributed by atoms with Gasteiger partial charge in [-0.25, -0.2) is 0 Å². The number of hydrogen-bond donors (Lipinski definition) is 2. The molecule has 0 bridgehead atoms. The minimum Gasteiger partial charge on any atom is -0.399 e. The molecule has 0 radical (unpaired) electrons. The van der Waals surface area contributed by atoms with Crippen molar-refractivity contribution >= 4 is 11.6 Å². The van der Waals surface area contributed by atoms with Crippen LogP contribution < -0.4 is 11.5 Å². The van der Waals surface area contributed by atoms with Crippen LogP contribution in [0.2, 0.25) is 0 Å². The van der Waals surface area contributed by atoms with E-state index >= 15 is 0 Å². The normalized spacial score (nSPS) is 12.7. The van der Waals surface area contributed by atoms with Crippen LogP contribution >= 0.6 is 0 Å². The van der Waals surface area contributed by atoms with E-state index in [1.807, 2.05) is 54.6 Å². The van der Waals surface area contributed by atoms with Crippen LogP contribution in [0.5, 0.6) is 0 Å². The Balaban J connectivity index is 2.29. The lowest BCUT2D eigenvalue weighted by molar-refractivity contribution is -0.119. The molecule has 0 aliphatic heterocycles. The third-order valence-electron chi connectivity index (χ3n) is 3.67. The summed E-state index contributed by atoms with van der Waals surface area (Å²) in [6.07, 6.45) is 0.370. The zero-order valence-electron chi connectivity index (χ0n) is 13.1. The van der Waals surface area contributed by atoms with E-state index in [0.717, 1.165) is 16.7 Å². The summed E-state index contributed by atoms with van der Waals surface area (Å²) in [6.45, 7) is 0.477. The number of carbonyl (C=O) groups is 1. The Hall–Kier alpha value is -2.66. The Labute approximate surface area is 135 Å². The topological polar surface area (TPSA) is 90.7 Å². The van der Waals surface area contributed by atoms with E-state index in [9.17, 15) is 4.79 Å². The molecule has 23 heavy (non-hydrogen) atoms. The second-order valence-corrected chi connectivity index (χ2v) is 5.19. The largest absolute Gasteiger partial charge is 0.399 e. The van der Waals surface area contributed by atoms with Gasteiger partial charge in [0.05, 0.1) is 11.6 Å². The summed E-state index contributed by atoms with van der Waals surface area (Å²) in [7, 11) is 1.48. The zero-order chi connectivity index (χ0) is 16.7. The van der Waals surface area contributed by atoms with Gasteiger partial charge in [0.25, 0.3) is 0 Å². The van der Waals surface area contributed by atoms with Crippen LogP contribution in [0, 0.1) is 0 Å². The highest BCUT2D eigenvalue weighted by Crippen LogP contribution is 2.22. The molecule has 5 heteroatoms. The van der Waals surface area contributed by atoms with Crippen molar-refractivity contribution in [1.29, 1.82) is 0 Å². The molecule has 1 atom stereocenters. The van der Waals surface area contributed by atoms with Crippen LogP contribution in [0.3, 0.4) is 0 Å². The lowest BCUT2D eigenvalue weighted by Crippen LogP contribution is -2.24. The highest BCUT2D eigenvalue weighted by atomic mass is 16.6. The van der Waals surface area contributed by atoms with Gasteiger partial charge in [-0.15, -0.1) is 0 Å². The number of rotatable bonds is 7. The van der Waals surface area contributed by atoms with Crippen molar-refractivity contribution in [3.05, 3.63) is 71.3 Å². The highest BCUT2D eigenvalue weighted by Gasteiger charge is 2.21. The van der Waals surface area contributed by atoms with Crippen molar-refractivity contribution in [2.24, 2.45) is 16.6 Å². The van der Waals surface area contributed by atoms with E-state index in [0.29, 0.717) is 18.7 Å². The maximum atomic E-state index is 11.9. The zero-order valence-corrected chi connectivity index (χ0v) is 13.1. The van der Waals surface area contributed by atoms with Crippen LogP contribution in [0.1, 0.15) is 29.0 Å². The van der Waals surface area contributed by atoms with Gasteiger partial charge in [0.2, 0.25) is 5.91 Å². The molecule has 0 saturated carbocycles. The van der Waals surface area contributed by atoms with Gasteiger partial charge in [-0.1, -0.05) is 59.8 Å².